The first-order valence-electron chi connectivity index (χ1n) is 8.81. The van der Waals surface area contributed by atoms with Crippen LogP contribution in [0.4, 0.5) is 4.39 Å². The molecule has 5 nitrogen and oxygen atoms in total. The topological polar surface area (TPSA) is 53.0 Å². The van der Waals surface area contributed by atoms with E-state index >= 15 is 0 Å². The number of amides is 2. The van der Waals surface area contributed by atoms with Gasteiger partial charge in [-0.2, -0.15) is 5.10 Å². The van der Waals surface area contributed by atoms with E-state index in [0.717, 1.165) is 10.6 Å². The third-order valence-electron chi connectivity index (χ3n) is 4.48. The lowest BCUT2D eigenvalue weighted by Gasteiger charge is -2.25. The number of hydrogen-bond donors (Lipinski definition) is 0. The Balaban J connectivity index is 1.88. The number of halogens is 1. The van der Waals surface area contributed by atoms with Crippen LogP contribution in [0.25, 0.3) is 0 Å². The summed E-state index contributed by atoms with van der Waals surface area (Å²) in [5, 5.41) is 7.76. The zero-order valence-corrected chi connectivity index (χ0v) is 16.4. The minimum atomic E-state index is -0.515. The quantitative estimate of drug-likeness (QED) is 0.786. The number of likely N-dealkylation sites (N-methyl/N-ethyl adjacent to an activating group) is 1. The van der Waals surface area contributed by atoms with Gasteiger partial charge in [-0.15, -0.1) is 11.3 Å². The van der Waals surface area contributed by atoms with E-state index < -0.39 is 6.04 Å². The van der Waals surface area contributed by atoms with Crippen molar-refractivity contribution in [1.82, 2.24) is 9.91 Å². The monoisotopic (exact) mass is 387 g/mol. The number of rotatable bonds is 5. The summed E-state index contributed by atoms with van der Waals surface area (Å²) >= 11 is 1.53. The molecule has 2 amide bonds. The second-order valence-corrected chi connectivity index (χ2v) is 7.80. The van der Waals surface area contributed by atoms with E-state index in [9.17, 15) is 14.0 Å². The predicted molar refractivity (Wildman–Crippen MR) is 104 cm³/mol. The molecule has 0 bridgehead atoms. The molecular formula is C20H22FN3O2S. The Kier molecular flexibility index (Phi) is 5.70. The summed E-state index contributed by atoms with van der Waals surface area (Å²) in [6.45, 7) is 3.48. The normalized spacial score (nSPS) is 16.6. The molecule has 3 rings (SSSR count). The summed E-state index contributed by atoms with van der Waals surface area (Å²) in [7, 11) is 1.60. The van der Waals surface area contributed by atoms with E-state index in [4.69, 9.17) is 0 Å². The van der Waals surface area contributed by atoms with Crippen molar-refractivity contribution in [1.29, 1.82) is 0 Å². The van der Waals surface area contributed by atoms with Crippen molar-refractivity contribution in [3.8, 4) is 0 Å². The van der Waals surface area contributed by atoms with Crippen LogP contribution < -0.4 is 0 Å². The van der Waals surface area contributed by atoms with Gasteiger partial charge >= 0.3 is 0 Å². The van der Waals surface area contributed by atoms with E-state index in [0.29, 0.717) is 12.0 Å². The van der Waals surface area contributed by atoms with E-state index in [1.54, 1.807) is 39.1 Å². The third kappa shape index (κ3) is 4.08. The van der Waals surface area contributed by atoms with Crippen LogP contribution in [0.3, 0.4) is 0 Å². The van der Waals surface area contributed by atoms with Crippen molar-refractivity contribution in [3.63, 3.8) is 0 Å². The van der Waals surface area contributed by atoms with Crippen LogP contribution in [0.5, 0.6) is 0 Å². The first-order chi connectivity index (χ1) is 12.9. The Hall–Kier alpha value is -2.54. The van der Waals surface area contributed by atoms with Gasteiger partial charge in [0.25, 0.3) is 5.91 Å². The molecule has 1 aliphatic heterocycles. The van der Waals surface area contributed by atoms with Crippen LogP contribution >= 0.6 is 11.3 Å². The molecule has 1 aromatic carbocycles. The Bertz CT molecular complexity index is 864. The smallest absolute Gasteiger partial charge is 0.262 e. The van der Waals surface area contributed by atoms with Crippen molar-refractivity contribution >= 4 is 28.9 Å². The highest BCUT2D eigenvalue weighted by molar-refractivity contribution is 7.12. The zero-order valence-electron chi connectivity index (χ0n) is 15.6. The van der Waals surface area contributed by atoms with Crippen molar-refractivity contribution < 1.29 is 14.0 Å². The molecule has 1 unspecified atom stereocenters. The summed E-state index contributed by atoms with van der Waals surface area (Å²) in [5.41, 5.74) is 1.18. The highest BCUT2D eigenvalue weighted by Crippen LogP contribution is 2.35. The van der Waals surface area contributed by atoms with Gasteiger partial charge in [0.05, 0.1) is 16.6 Å². The van der Waals surface area contributed by atoms with E-state index in [1.165, 1.54) is 27.3 Å². The molecule has 2 aromatic rings. The van der Waals surface area contributed by atoms with Crippen LogP contribution in [0, 0.1) is 11.7 Å². The van der Waals surface area contributed by atoms with E-state index in [2.05, 4.69) is 5.10 Å². The number of benzene rings is 1. The van der Waals surface area contributed by atoms with Crippen LogP contribution in [-0.2, 0) is 9.59 Å². The second kappa shape index (κ2) is 8.00. The fraction of sp³-hybridized carbons (Fsp3) is 0.350. The van der Waals surface area contributed by atoms with Gasteiger partial charge in [0.1, 0.15) is 12.4 Å². The maximum atomic E-state index is 14.4. The third-order valence-corrected chi connectivity index (χ3v) is 5.40. The molecule has 27 heavy (non-hydrogen) atoms. The minimum absolute atomic E-state index is 0.0941. The Morgan fingerprint density at radius 1 is 1.30 bits per heavy atom. The standard InChI is InChI=1S/C20H22FN3O2S/c1-13(2)20(26)23(3)12-19(25)24-17(14-7-4-5-8-15(14)21)11-16(22-24)18-9-6-10-27-18/h4-10,13,17H,11-12H2,1-3H3. The number of nitrogens with zero attached hydrogens (tertiary/aromatic N) is 3. The fourth-order valence-corrected chi connectivity index (χ4v) is 3.83. The van der Waals surface area contributed by atoms with Crippen LogP contribution in [0.2, 0.25) is 0 Å². The van der Waals surface area contributed by atoms with E-state index in [1.807, 2.05) is 17.5 Å². The number of thiophene rings is 1. The van der Waals surface area contributed by atoms with Crippen molar-refractivity contribution in [2.75, 3.05) is 13.6 Å². The largest absolute Gasteiger partial charge is 0.336 e. The fourth-order valence-electron chi connectivity index (χ4n) is 3.11. The molecule has 0 aliphatic carbocycles. The van der Waals surface area contributed by atoms with Gasteiger partial charge in [0.15, 0.2) is 0 Å². The zero-order chi connectivity index (χ0) is 19.6. The number of hydrazone groups is 1. The molecule has 0 radical (unpaired) electrons. The van der Waals surface area contributed by atoms with Gasteiger partial charge in [0, 0.05) is 24.9 Å². The predicted octanol–water partition coefficient (Wildman–Crippen LogP) is 3.68. The molecule has 0 spiro atoms. The first-order valence-corrected chi connectivity index (χ1v) is 9.69. The lowest BCUT2D eigenvalue weighted by molar-refractivity contribution is -0.142. The van der Waals surface area contributed by atoms with Crippen molar-refractivity contribution in [2.24, 2.45) is 11.0 Å². The van der Waals surface area contributed by atoms with Gasteiger partial charge < -0.3 is 4.90 Å². The van der Waals surface area contributed by atoms with Gasteiger partial charge in [-0.1, -0.05) is 38.1 Å². The lowest BCUT2D eigenvalue weighted by Crippen LogP contribution is -2.40. The number of carbonyl (C=O) groups excluding carboxylic acids is 2. The maximum Gasteiger partial charge on any atom is 0.262 e. The average Bonchev–Trinajstić information content (AvgIpc) is 3.30. The molecule has 0 saturated heterocycles. The maximum absolute atomic E-state index is 14.4. The van der Waals surface area contributed by atoms with Crippen molar-refractivity contribution in [3.05, 3.63) is 58.0 Å². The summed E-state index contributed by atoms with van der Waals surface area (Å²) < 4.78 is 14.4. The highest BCUT2D eigenvalue weighted by Gasteiger charge is 2.35. The molecule has 1 aromatic heterocycles. The summed E-state index contributed by atoms with van der Waals surface area (Å²) in [5.74, 6) is -1.01. The molecule has 0 N–H and O–H groups in total. The van der Waals surface area contributed by atoms with Crippen molar-refractivity contribution in [2.45, 2.75) is 26.3 Å². The molecule has 0 fully saturated rings. The van der Waals surface area contributed by atoms with Crippen LogP contribution in [-0.4, -0.2) is 41.0 Å². The highest BCUT2D eigenvalue weighted by atomic mass is 32.1. The molecule has 1 atom stereocenters. The second-order valence-electron chi connectivity index (χ2n) is 6.85. The van der Waals surface area contributed by atoms with Crippen LogP contribution in [0.1, 0.15) is 36.8 Å². The number of carbonyl (C=O) groups is 2. The molecule has 1 aliphatic rings. The molecule has 2 heterocycles. The molecular weight excluding hydrogens is 365 g/mol. The van der Waals surface area contributed by atoms with Gasteiger partial charge in [-0.25, -0.2) is 9.40 Å². The SMILES string of the molecule is CC(C)C(=O)N(C)CC(=O)N1N=C(c2cccs2)CC1c1ccccc1F. The van der Waals surface area contributed by atoms with Gasteiger partial charge in [-0.3, -0.25) is 9.59 Å². The molecule has 7 heteroatoms. The summed E-state index contributed by atoms with van der Waals surface area (Å²) in [6, 6.07) is 9.77. The Morgan fingerprint density at radius 2 is 2.04 bits per heavy atom. The molecule has 142 valence electrons. The number of hydrogen-bond acceptors (Lipinski definition) is 4. The lowest BCUT2D eigenvalue weighted by atomic mass is 10.0. The Labute approximate surface area is 162 Å². The summed E-state index contributed by atoms with van der Waals surface area (Å²) in [6.07, 6.45) is 0.440. The van der Waals surface area contributed by atoms with Gasteiger partial charge in [-0.05, 0) is 17.5 Å². The minimum Gasteiger partial charge on any atom is -0.336 e. The van der Waals surface area contributed by atoms with Crippen LogP contribution in [0.15, 0.2) is 46.9 Å². The molecule has 0 saturated carbocycles. The Morgan fingerprint density at radius 3 is 2.67 bits per heavy atom. The van der Waals surface area contributed by atoms with Gasteiger partial charge in [0.2, 0.25) is 5.91 Å². The summed E-state index contributed by atoms with van der Waals surface area (Å²) in [4.78, 5) is 27.4. The average molecular weight is 387 g/mol. The van der Waals surface area contributed by atoms with E-state index in [-0.39, 0.29) is 30.1 Å². The first kappa shape index (κ1) is 19.2.